The van der Waals surface area contributed by atoms with E-state index in [1.165, 1.54) is 0 Å². The topological polar surface area (TPSA) is 145 Å². The number of benzene rings is 2. The van der Waals surface area contributed by atoms with Gasteiger partial charge < -0.3 is 16.8 Å². The lowest BCUT2D eigenvalue weighted by molar-refractivity contribution is -0.113. The van der Waals surface area contributed by atoms with Crippen LogP contribution < -0.4 is 16.8 Å². The lowest BCUT2D eigenvalue weighted by Gasteiger charge is -2.05. The van der Waals surface area contributed by atoms with Gasteiger partial charge in [0.15, 0.2) is 5.16 Å². The van der Waals surface area contributed by atoms with E-state index in [2.05, 4.69) is 30.5 Å². The van der Waals surface area contributed by atoms with Gasteiger partial charge in [-0.3, -0.25) is 4.79 Å². The summed E-state index contributed by atoms with van der Waals surface area (Å²) in [7, 11) is 0. The third-order valence-corrected chi connectivity index (χ3v) is 4.02. The highest BCUT2D eigenvalue weighted by Gasteiger charge is 2.07. The minimum Gasteiger partial charge on any atom is -0.368 e. The zero-order chi connectivity index (χ0) is 19.1. The first-order valence-corrected chi connectivity index (χ1v) is 8.83. The zero-order valence-corrected chi connectivity index (χ0v) is 14.9. The highest BCUT2D eigenvalue weighted by molar-refractivity contribution is 7.99. The van der Waals surface area contributed by atoms with Crippen LogP contribution in [-0.2, 0) is 4.79 Å². The van der Waals surface area contributed by atoms with Gasteiger partial charge in [0.2, 0.25) is 17.8 Å². The molecule has 9 nitrogen and oxygen atoms in total. The minimum atomic E-state index is -0.212. The van der Waals surface area contributed by atoms with E-state index in [0.29, 0.717) is 16.5 Å². The molecule has 3 rings (SSSR count). The van der Waals surface area contributed by atoms with Crippen LogP contribution in [0.5, 0.6) is 0 Å². The number of hydrogen-bond donors (Lipinski definition) is 3. The summed E-state index contributed by atoms with van der Waals surface area (Å²) in [6, 6.07) is 16.5. The number of rotatable bonds is 6. The van der Waals surface area contributed by atoms with Gasteiger partial charge in [-0.05, 0) is 36.4 Å². The first kappa shape index (κ1) is 18.3. The van der Waals surface area contributed by atoms with Gasteiger partial charge >= 0.3 is 0 Å². The van der Waals surface area contributed by atoms with E-state index in [-0.39, 0.29) is 23.6 Å². The Balaban J connectivity index is 1.53. The molecule has 0 atom stereocenters. The average Bonchev–Trinajstić information content (AvgIpc) is 2.66. The second kappa shape index (κ2) is 8.72. The van der Waals surface area contributed by atoms with Crippen LogP contribution in [-0.4, -0.2) is 26.6 Å². The minimum absolute atomic E-state index is 0.0191. The van der Waals surface area contributed by atoms with Gasteiger partial charge in [-0.2, -0.15) is 25.2 Å². The number of azo groups is 1. The molecule has 0 saturated carbocycles. The van der Waals surface area contributed by atoms with Gasteiger partial charge in [-0.15, -0.1) is 0 Å². The maximum Gasteiger partial charge on any atom is 0.234 e. The van der Waals surface area contributed by atoms with Crippen LogP contribution in [0.1, 0.15) is 0 Å². The standard InChI is InChI=1S/C17H16N8OS/c18-15-21-16(19)23-17(22-15)27-10-14(26)20-11-6-8-13(9-7-11)25-24-12-4-2-1-3-5-12/h1-9H,10H2,(H,20,26)(H4,18,19,21,22,23). The second-order valence-corrected chi connectivity index (χ2v) is 6.20. The van der Waals surface area contributed by atoms with E-state index < -0.39 is 0 Å². The first-order chi connectivity index (χ1) is 13.1. The molecule has 0 aliphatic carbocycles. The molecule has 2 aromatic carbocycles. The normalized spacial score (nSPS) is 10.8. The van der Waals surface area contributed by atoms with Gasteiger partial charge in [0, 0.05) is 5.69 Å². The summed E-state index contributed by atoms with van der Waals surface area (Å²) in [6.45, 7) is 0. The van der Waals surface area contributed by atoms with Crippen molar-refractivity contribution in [3.8, 4) is 0 Å². The Bertz CT molecular complexity index is 927. The number of carbonyl (C=O) groups excluding carboxylic acids is 1. The molecule has 1 aromatic heterocycles. The predicted octanol–water partition coefficient (Wildman–Crippen LogP) is 3.18. The first-order valence-electron chi connectivity index (χ1n) is 7.85. The Morgan fingerprint density at radius 1 is 0.889 bits per heavy atom. The molecule has 5 N–H and O–H groups in total. The fourth-order valence-electron chi connectivity index (χ4n) is 2.00. The molecule has 1 amide bonds. The molecule has 0 spiro atoms. The Labute approximate surface area is 159 Å². The quantitative estimate of drug-likeness (QED) is 0.440. The number of aromatic nitrogens is 3. The molecule has 27 heavy (non-hydrogen) atoms. The molecule has 3 aromatic rings. The third-order valence-electron chi connectivity index (χ3n) is 3.17. The summed E-state index contributed by atoms with van der Waals surface area (Å²) in [5, 5.41) is 11.4. The molecule has 0 bridgehead atoms. The smallest absolute Gasteiger partial charge is 0.234 e. The number of nitrogens with two attached hydrogens (primary N) is 2. The zero-order valence-electron chi connectivity index (χ0n) is 14.1. The molecule has 0 aliphatic rings. The van der Waals surface area contributed by atoms with Gasteiger partial charge in [-0.1, -0.05) is 30.0 Å². The summed E-state index contributed by atoms with van der Waals surface area (Å²) in [6.07, 6.45) is 0. The van der Waals surface area contributed by atoms with Crippen LogP contribution in [0.4, 0.5) is 29.0 Å². The Morgan fingerprint density at radius 2 is 1.48 bits per heavy atom. The fraction of sp³-hybridized carbons (Fsp3) is 0.0588. The van der Waals surface area contributed by atoms with Gasteiger partial charge in [0.25, 0.3) is 0 Å². The summed E-state index contributed by atoms with van der Waals surface area (Å²) in [4.78, 5) is 23.5. The summed E-state index contributed by atoms with van der Waals surface area (Å²) >= 11 is 1.12. The van der Waals surface area contributed by atoms with Crippen molar-refractivity contribution in [2.75, 3.05) is 22.5 Å². The third kappa shape index (κ3) is 5.75. The molecular formula is C17H16N8OS. The molecular weight excluding hydrogens is 364 g/mol. The summed E-state index contributed by atoms with van der Waals surface area (Å²) < 4.78 is 0. The Hall–Kier alpha value is -3.53. The predicted molar refractivity (Wildman–Crippen MR) is 105 cm³/mol. The van der Waals surface area contributed by atoms with Gasteiger partial charge in [-0.25, -0.2) is 0 Å². The lowest BCUT2D eigenvalue weighted by Crippen LogP contribution is -2.14. The number of hydrogen-bond acceptors (Lipinski definition) is 9. The molecule has 1 heterocycles. The number of amides is 1. The number of nitrogens with zero attached hydrogens (tertiary/aromatic N) is 5. The second-order valence-electron chi connectivity index (χ2n) is 5.25. The maximum absolute atomic E-state index is 12.0. The number of carbonyl (C=O) groups is 1. The molecule has 136 valence electrons. The monoisotopic (exact) mass is 380 g/mol. The number of thioether (sulfide) groups is 1. The molecule has 0 radical (unpaired) electrons. The maximum atomic E-state index is 12.0. The number of anilines is 3. The van der Waals surface area contributed by atoms with E-state index in [4.69, 9.17) is 11.5 Å². The van der Waals surface area contributed by atoms with Crippen LogP contribution in [0, 0.1) is 0 Å². The molecule has 0 fully saturated rings. The molecule has 10 heteroatoms. The van der Waals surface area contributed by atoms with E-state index in [0.717, 1.165) is 17.4 Å². The Morgan fingerprint density at radius 3 is 2.11 bits per heavy atom. The van der Waals surface area contributed by atoms with Gasteiger partial charge in [0.1, 0.15) is 0 Å². The lowest BCUT2D eigenvalue weighted by atomic mass is 10.3. The fourth-order valence-corrected chi connectivity index (χ4v) is 2.65. The van der Waals surface area contributed by atoms with Crippen LogP contribution in [0.25, 0.3) is 0 Å². The average molecular weight is 380 g/mol. The van der Waals surface area contributed by atoms with Crippen molar-refractivity contribution in [2.24, 2.45) is 10.2 Å². The summed E-state index contributed by atoms with van der Waals surface area (Å²) in [5.74, 6) is -0.0641. The van der Waals surface area contributed by atoms with E-state index in [1.807, 2.05) is 30.3 Å². The SMILES string of the molecule is Nc1nc(N)nc(SCC(=O)Nc2ccc(N=Nc3ccccc3)cc2)n1. The summed E-state index contributed by atoms with van der Waals surface area (Å²) in [5.41, 5.74) is 13.1. The van der Waals surface area contributed by atoms with Crippen LogP contribution >= 0.6 is 11.8 Å². The van der Waals surface area contributed by atoms with Crippen molar-refractivity contribution in [3.05, 3.63) is 54.6 Å². The molecule has 0 unspecified atom stereocenters. The van der Waals surface area contributed by atoms with Crippen molar-refractivity contribution >= 4 is 46.6 Å². The molecule has 0 saturated heterocycles. The van der Waals surface area contributed by atoms with E-state index >= 15 is 0 Å². The number of nitrogens with one attached hydrogen (secondary N) is 1. The Kier molecular flexibility index (Phi) is 5.90. The number of nitrogen functional groups attached to an aromatic ring is 2. The van der Waals surface area contributed by atoms with Crippen LogP contribution in [0.2, 0.25) is 0 Å². The van der Waals surface area contributed by atoms with Crippen molar-refractivity contribution in [1.29, 1.82) is 0 Å². The largest absolute Gasteiger partial charge is 0.368 e. The highest BCUT2D eigenvalue weighted by atomic mass is 32.2. The molecule has 0 aliphatic heterocycles. The van der Waals surface area contributed by atoms with Crippen LogP contribution in [0.15, 0.2) is 70.0 Å². The van der Waals surface area contributed by atoms with Crippen LogP contribution in [0.3, 0.4) is 0 Å². The van der Waals surface area contributed by atoms with Crippen molar-refractivity contribution in [2.45, 2.75) is 5.16 Å². The van der Waals surface area contributed by atoms with Crippen molar-refractivity contribution < 1.29 is 4.79 Å². The van der Waals surface area contributed by atoms with E-state index in [9.17, 15) is 4.79 Å². The van der Waals surface area contributed by atoms with E-state index in [1.54, 1.807) is 24.3 Å². The van der Waals surface area contributed by atoms with Gasteiger partial charge in [0.05, 0.1) is 17.1 Å². The highest BCUT2D eigenvalue weighted by Crippen LogP contribution is 2.20. The van der Waals surface area contributed by atoms with Crippen molar-refractivity contribution in [1.82, 2.24) is 15.0 Å². The van der Waals surface area contributed by atoms with Crippen molar-refractivity contribution in [3.63, 3.8) is 0 Å².